The Balaban J connectivity index is 3.24. The Morgan fingerprint density at radius 2 is 2.16 bits per heavy atom. The predicted octanol–water partition coefficient (Wildman–Crippen LogP) is 3.67. The summed E-state index contributed by atoms with van der Waals surface area (Å²) in [7, 11) is 0. The van der Waals surface area contributed by atoms with Crippen LogP contribution in [-0.4, -0.2) is 17.3 Å². The van der Waals surface area contributed by atoms with Gasteiger partial charge in [-0.05, 0) is 30.5 Å². The lowest BCUT2D eigenvalue weighted by molar-refractivity contribution is -0.118. The molecule has 0 aromatic heterocycles. The van der Waals surface area contributed by atoms with E-state index in [1.807, 2.05) is 19.9 Å². The Hall–Kier alpha value is -1.24. The van der Waals surface area contributed by atoms with E-state index in [1.165, 1.54) is 4.90 Å². The van der Waals surface area contributed by atoms with Gasteiger partial charge in [0.15, 0.2) is 0 Å². The zero-order valence-corrected chi connectivity index (χ0v) is 12.5. The third kappa shape index (κ3) is 3.62. The van der Waals surface area contributed by atoms with Crippen molar-refractivity contribution < 1.29 is 4.79 Å². The molecular formula is C14H16Cl2N2O. The number of rotatable bonds is 5. The van der Waals surface area contributed by atoms with Gasteiger partial charge in [-0.3, -0.25) is 9.69 Å². The molecule has 0 bridgehead atoms. The molecule has 5 heteroatoms. The third-order valence-corrected chi connectivity index (χ3v) is 3.63. The minimum Gasteiger partial charge on any atom is -0.297 e. The fourth-order valence-electron chi connectivity index (χ4n) is 1.77. The number of hydrogen-bond donors (Lipinski definition) is 0. The number of anilines is 1. The number of carbonyl (C=O) groups excluding carboxylic acids is 1. The van der Waals surface area contributed by atoms with E-state index in [0.29, 0.717) is 17.7 Å². The molecule has 0 saturated carbocycles. The largest absolute Gasteiger partial charge is 0.297 e. The van der Waals surface area contributed by atoms with Crippen molar-refractivity contribution >= 4 is 34.8 Å². The van der Waals surface area contributed by atoms with Crippen molar-refractivity contribution in [2.24, 2.45) is 0 Å². The quantitative estimate of drug-likeness (QED) is 0.615. The van der Waals surface area contributed by atoms with Crippen LogP contribution in [0.1, 0.15) is 31.4 Å². The highest BCUT2D eigenvalue weighted by atomic mass is 35.5. The Morgan fingerprint density at radius 1 is 1.47 bits per heavy atom. The number of nitriles is 1. The predicted molar refractivity (Wildman–Crippen MR) is 78.7 cm³/mol. The van der Waals surface area contributed by atoms with E-state index in [-0.39, 0.29) is 11.9 Å². The zero-order chi connectivity index (χ0) is 14.4. The van der Waals surface area contributed by atoms with Gasteiger partial charge in [-0.15, -0.1) is 23.2 Å². The van der Waals surface area contributed by atoms with Crippen LogP contribution < -0.4 is 4.90 Å². The normalized spacial score (nSPS) is 11.7. The van der Waals surface area contributed by atoms with Gasteiger partial charge in [0.25, 0.3) is 0 Å². The molecule has 3 nitrogen and oxygen atoms in total. The number of hydrogen-bond acceptors (Lipinski definition) is 2. The molecular weight excluding hydrogens is 283 g/mol. The van der Waals surface area contributed by atoms with Gasteiger partial charge in [0, 0.05) is 5.69 Å². The molecule has 1 amide bonds. The second-order valence-electron chi connectivity index (χ2n) is 4.07. The number of alkyl halides is 2. The first-order valence-electron chi connectivity index (χ1n) is 6.13. The number of aryl methyl sites for hydroxylation is 1. The third-order valence-electron chi connectivity index (χ3n) is 2.90. The van der Waals surface area contributed by atoms with Crippen molar-refractivity contribution in [1.82, 2.24) is 0 Å². The maximum atomic E-state index is 12.2. The van der Waals surface area contributed by atoms with E-state index < -0.39 is 5.38 Å². The molecule has 1 aromatic carbocycles. The average molecular weight is 299 g/mol. The summed E-state index contributed by atoms with van der Waals surface area (Å²) in [5.41, 5.74) is 2.13. The lowest BCUT2D eigenvalue weighted by Crippen LogP contribution is -2.36. The Bertz CT molecular complexity index is 497. The van der Waals surface area contributed by atoms with Crippen molar-refractivity contribution in [1.29, 1.82) is 5.26 Å². The molecule has 0 aliphatic heterocycles. The lowest BCUT2D eigenvalue weighted by Gasteiger charge is -2.24. The summed E-state index contributed by atoms with van der Waals surface area (Å²) in [5.74, 6) is -0.232. The first-order chi connectivity index (χ1) is 9.08. The van der Waals surface area contributed by atoms with E-state index >= 15 is 0 Å². The summed E-state index contributed by atoms with van der Waals surface area (Å²) in [6, 6.07) is 7.34. The molecule has 0 aliphatic carbocycles. The molecule has 0 spiro atoms. The standard InChI is InChI=1S/C14H16Cl2N2O/c1-3-11-6-5-10(8-17)7-13(11)18(9-15)14(19)12(16)4-2/h5-7,12H,3-4,9H2,1-2H3. The molecule has 0 radical (unpaired) electrons. The first-order valence-corrected chi connectivity index (χ1v) is 7.10. The molecule has 102 valence electrons. The van der Waals surface area contributed by atoms with Crippen LogP contribution in [-0.2, 0) is 11.2 Å². The van der Waals surface area contributed by atoms with Gasteiger partial charge < -0.3 is 0 Å². The van der Waals surface area contributed by atoms with Crippen LogP contribution in [0, 0.1) is 11.3 Å². The molecule has 0 fully saturated rings. The topological polar surface area (TPSA) is 44.1 Å². The van der Waals surface area contributed by atoms with Crippen LogP contribution in [0.5, 0.6) is 0 Å². The summed E-state index contributed by atoms with van der Waals surface area (Å²) >= 11 is 11.9. The van der Waals surface area contributed by atoms with Crippen LogP contribution in [0.2, 0.25) is 0 Å². The minimum absolute atomic E-state index is 0.0178. The smallest absolute Gasteiger partial charge is 0.246 e. The van der Waals surface area contributed by atoms with Crippen molar-refractivity contribution in [3.63, 3.8) is 0 Å². The zero-order valence-electron chi connectivity index (χ0n) is 11.0. The second kappa shape index (κ2) is 7.37. The van der Waals surface area contributed by atoms with E-state index in [0.717, 1.165) is 12.0 Å². The van der Waals surface area contributed by atoms with Crippen molar-refractivity contribution in [3.8, 4) is 6.07 Å². The van der Waals surface area contributed by atoms with Crippen LogP contribution in [0.3, 0.4) is 0 Å². The van der Waals surface area contributed by atoms with Crippen LogP contribution in [0.4, 0.5) is 5.69 Å². The maximum absolute atomic E-state index is 12.2. The van der Waals surface area contributed by atoms with E-state index in [1.54, 1.807) is 12.1 Å². The number of nitrogens with zero attached hydrogens (tertiary/aromatic N) is 2. The fraction of sp³-hybridized carbons (Fsp3) is 0.429. The monoisotopic (exact) mass is 298 g/mol. The molecule has 0 saturated heterocycles. The van der Waals surface area contributed by atoms with Crippen LogP contribution in [0.15, 0.2) is 18.2 Å². The number of amides is 1. The van der Waals surface area contributed by atoms with Crippen LogP contribution >= 0.6 is 23.2 Å². The van der Waals surface area contributed by atoms with Crippen molar-refractivity contribution in [2.45, 2.75) is 32.1 Å². The number of benzene rings is 1. The van der Waals surface area contributed by atoms with Gasteiger partial charge >= 0.3 is 0 Å². The van der Waals surface area contributed by atoms with Crippen LogP contribution in [0.25, 0.3) is 0 Å². The molecule has 19 heavy (non-hydrogen) atoms. The highest BCUT2D eigenvalue weighted by Crippen LogP contribution is 2.25. The minimum atomic E-state index is -0.603. The molecule has 0 heterocycles. The lowest BCUT2D eigenvalue weighted by atomic mass is 10.1. The van der Waals surface area contributed by atoms with E-state index in [9.17, 15) is 4.79 Å². The summed E-state index contributed by atoms with van der Waals surface area (Å²) in [4.78, 5) is 13.6. The summed E-state index contributed by atoms with van der Waals surface area (Å²) in [6.45, 7) is 3.83. The van der Waals surface area contributed by atoms with Gasteiger partial charge in [-0.25, -0.2) is 0 Å². The average Bonchev–Trinajstić information content (AvgIpc) is 2.46. The summed E-state index contributed by atoms with van der Waals surface area (Å²) in [6.07, 6.45) is 1.29. The van der Waals surface area contributed by atoms with Gasteiger partial charge in [0.1, 0.15) is 11.4 Å². The molecule has 1 aromatic rings. The first kappa shape index (κ1) is 15.8. The Morgan fingerprint density at radius 3 is 2.63 bits per heavy atom. The fourth-order valence-corrected chi connectivity index (χ4v) is 2.13. The molecule has 1 unspecified atom stereocenters. The molecule has 0 aliphatic rings. The van der Waals surface area contributed by atoms with Gasteiger partial charge in [-0.2, -0.15) is 5.26 Å². The SMILES string of the molecule is CCc1ccc(C#N)cc1N(CCl)C(=O)C(Cl)CC. The summed E-state index contributed by atoms with van der Waals surface area (Å²) in [5, 5.41) is 8.36. The summed E-state index contributed by atoms with van der Waals surface area (Å²) < 4.78 is 0. The molecule has 1 rings (SSSR count). The molecule has 0 N–H and O–H groups in total. The van der Waals surface area contributed by atoms with Crippen molar-refractivity contribution in [3.05, 3.63) is 29.3 Å². The number of carbonyl (C=O) groups is 1. The van der Waals surface area contributed by atoms with E-state index in [4.69, 9.17) is 28.5 Å². The van der Waals surface area contributed by atoms with E-state index in [2.05, 4.69) is 6.07 Å². The van der Waals surface area contributed by atoms with Gasteiger partial charge in [0.2, 0.25) is 5.91 Å². The maximum Gasteiger partial charge on any atom is 0.246 e. The second-order valence-corrected chi connectivity index (χ2v) is 4.84. The van der Waals surface area contributed by atoms with Gasteiger partial charge in [0.05, 0.1) is 11.6 Å². The van der Waals surface area contributed by atoms with Crippen molar-refractivity contribution in [2.75, 3.05) is 10.9 Å². The Labute approximate surface area is 123 Å². The Kier molecular flexibility index (Phi) is 6.14. The van der Waals surface area contributed by atoms with Gasteiger partial charge in [-0.1, -0.05) is 19.9 Å². The highest BCUT2D eigenvalue weighted by molar-refractivity contribution is 6.34. The highest BCUT2D eigenvalue weighted by Gasteiger charge is 2.23. The number of halogens is 2. The molecule has 1 atom stereocenters.